The number of ether oxygens (including phenoxy) is 2. The van der Waals surface area contributed by atoms with Gasteiger partial charge in [0.05, 0.1) is 13.2 Å². The minimum atomic E-state index is -0.840. The number of H-pyrrole nitrogens is 2. The van der Waals surface area contributed by atoms with Crippen molar-refractivity contribution in [2.75, 3.05) is 13.2 Å². The van der Waals surface area contributed by atoms with Crippen LogP contribution in [-0.2, 0) is 0 Å². The van der Waals surface area contributed by atoms with E-state index in [1.165, 1.54) is 24.3 Å². The first kappa shape index (κ1) is 32.0. The molecule has 0 bridgehead atoms. The smallest absolute Gasteiger partial charge is 0.351 e. The van der Waals surface area contributed by atoms with E-state index in [-0.39, 0.29) is 51.5 Å². The molecule has 0 radical (unpaired) electrons. The van der Waals surface area contributed by atoms with Crippen LogP contribution in [0.4, 0.5) is 8.78 Å². The predicted molar refractivity (Wildman–Crippen MR) is 165 cm³/mol. The van der Waals surface area contributed by atoms with Gasteiger partial charge in [-0.25, -0.2) is 9.59 Å². The van der Waals surface area contributed by atoms with E-state index in [9.17, 15) is 28.0 Å². The van der Waals surface area contributed by atoms with Crippen molar-refractivity contribution in [1.29, 1.82) is 0 Å². The summed E-state index contributed by atoms with van der Waals surface area (Å²) >= 11 is 0. The third-order valence-electron chi connectivity index (χ3n) is 6.73. The zero-order valence-corrected chi connectivity index (χ0v) is 25.4. The highest BCUT2D eigenvalue weighted by atomic mass is 19.1. The summed E-state index contributed by atoms with van der Waals surface area (Å²) in [7, 11) is 0. The summed E-state index contributed by atoms with van der Waals surface area (Å²) in [5.74, 6) is -0.844. The molecule has 14 heteroatoms. The van der Waals surface area contributed by atoms with Gasteiger partial charge in [0.25, 0.3) is 11.1 Å². The van der Waals surface area contributed by atoms with E-state index in [2.05, 4.69) is 23.8 Å². The molecule has 4 heterocycles. The zero-order valence-electron chi connectivity index (χ0n) is 25.4. The monoisotopic (exact) mass is 636 g/mol. The highest BCUT2D eigenvalue weighted by molar-refractivity contribution is 5.84. The number of nitrogens with one attached hydrogen (secondary N) is 2. The molecule has 6 rings (SSSR count). The molecular formula is C32H30F2N4O8. The summed E-state index contributed by atoms with van der Waals surface area (Å²) in [5.41, 5.74) is -2.95. The molecule has 0 saturated heterocycles. The topological polar surface area (TPSA) is 170 Å². The first-order valence-corrected chi connectivity index (χ1v) is 14.5. The van der Waals surface area contributed by atoms with E-state index in [4.69, 9.17) is 18.3 Å². The third-order valence-corrected chi connectivity index (χ3v) is 6.73. The number of aromatic nitrogens is 4. The van der Waals surface area contributed by atoms with E-state index in [1.54, 1.807) is 12.1 Å². The number of hydrogen-bond donors (Lipinski definition) is 2. The molecule has 240 valence electrons. The van der Waals surface area contributed by atoms with Crippen molar-refractivity contribution in [2.24, 2.45) is 11.8 Å². The number of aromatic amines is 2. The van der Waals surface area contributed by atoms with Gasteiger partial charge < -0.3 is 18.3 Å². The van der Waals surface area contributed by atoms with Crippen molar-refractivity contribution in [3.63, 3.8) is 0 Å². The summed E-state index contributed by atoms with van der Waals surface area (Å²) in [4.78, 5) is 57.1. The average Bonchev–Trinajstić information content (AvgIpc) is 2.99. The van der Waals surface area contributed by atoms with Crippen molar-refractivity contribution in [2.45, 2.75) is 40.5 Å². The van der Waals surface area contributed by atoms with Crippen LogP contribution in [0.25, 0.3) is 44.8 Å². The molecule has 2 aromatic rings. The predicted octanol–water partition coefficient (Wildman–Crippen LogP) is 5.09. The molecule has 0 saturated carbocycles. The van der Waals surface area contributed by atoms with Crippen LogP contribution in [0.1, 0.15) is 40.5 Å². The third kappa shape index (κ3) is 6.95. The van der Waals surface area contributed by atoms with Gasteiger partial charge in [0.15, 0.2) is 22.7 Å². The average molecular weight is 637 g/mol. The van der Waals surface area contributed by atoms with Crippen molar-refractivity contribution >= 4 is 21.9 Å². The number of rotatable bonds is 8. The molecule has 0 aliphatic carbocycles. The quantitative estimate of drug-likeness (QED) is 0.169. The summed E-state index contributed by atoms with van der Waals surface area (Å²) < 4.78 is 50.5. The Labute approximate surface area is 258 Å². The van der Waals surface area contributed by atoms with Crippen LogP contribution in [0.2, 0.25) is 0 Å². The Morgan fingerprint density at radius 2 is 1.20 bits per heavy atom. The van der Waals surface area contributed by atoms with E-state index in [1.807, 2.05) is 23.8 Å². The summed E-state index contributed by atoms with van der Waals surface area (Å²) in [6, 6.07) is 9.02. The summed E-state index contributed by atoms with van der Waals surface area (Å²) in [5, 5.41) is 0.772. The Hall–Kier alpha value is -5.40. The van der Waals surface area contributed by atoms with E-state index >= 15 is 0 Å². The maximum atomic E-state index is 14.6. The van der Waals surface area contributed by atoms with Crippen LogP contribution < -0.4 is 32.0 Å². The molecule has 2 N–H and O–H groups in total. The van der Waals surface area contributed by atoms with Crippen LogP contribution in [-0.4, -0.2) is 33.1 Å². The van der Waals surface area contributed by atoms with Crippen LogP contribution in [0.5, 0.6) is 11.5 Å². The largest absolute Gasteiger partial charge is 0.490 e. The lowest BCUT2D eigenvalue weighted by Gasteiger charge is -2.11. The summed E-state index contributed by atoms with van der Waals surface area (Å²) in [6.45, 7) is 8.88. The second-order valence-corrected chi connectivity index (χ2v) is 11.4. The van der Waals surface area contributed by atoms with E-state index < -0.39 is 34.1 Å². The number of benzene rings is 2. The van der Waals surface area contributed by atoms with Crippen LogP contribution >= 0.6 is 0 Å². The summed E-state index contributed by atoms with van der Waals surface area (Å²) in [6.07, 6.45) is 1.81. The molecule has 0 spiro atoms. The first-order valence-electron chi connectivity index (χ1n) is 14.5. The van der Waals surface area contributed by atoms with Gasteiger partial charge in [0.1, 0.15) is 11.1 Å². The van der Waals surface area contributed by atoms with Gasteiger partial charge in [-0.05, 0) is 61.1 Å². The second kappa shape index (κ2) is 13.3. The van der Waals surface area contributed by atoms with Crippen LogP contribution in [0.15, 0.2) is 64.4 Å². The van der Waals surface area contributed by atoms with E-state index in [0.29, 0.717) is 29.9 Å². The van der Waals surface area contributed by atoms with Crippen LogP contribution in [0.3, 0.4) is 0 Å². The van der Waals surface area contributed by atoms with Crippen LogP contribution in [0, 0.1) is 23.5 Å². The highest BCUT2D eigenvalue weighted by Crippen LogP contribution is 2.32. The van der Waals surface area contributed by atoms with Gasteiger partial charge in [-0.15, -0.1) is 0 Å². The fourth-order valence-electron chi connectivity index (χ4n) is 4.49. The number of nitrogens with zero attached hydrogens (tertiary/aromatic N) is 2. The molecule has 0 fully saturated rings. The highest BCUT2D eigenvalue weighted by Gasteiger charge is 2.20. The van der Waals surface area contributed by atoms with Crippen molar-refractivity contribution < 1.29 is 27.1 Å². The molecule has 4 aliphatic heterocycles. The van der Waals surface area contributed by atoms with Crippen molar-refractivity contribution in [1.82, 2.24) is 19.9 Å². The Morgan fingerprint density at radius 1 is 0.717 bits per heavy atom. The molecule has 0 amide bonds. The molecule has 46 heavy (non-hydrogen) atoms. The number of hydrogen-bond acceptors (Lipinski definition) is 10. The Morgan fingerprint density at radius 3 is 1.65 bits per heavy atom. The Bertz CT molecular complexity index is 2200. The number of halogens is 2. The lowest BCUT2D eigenvalue weighted by atomic mass is 10.1. The minimum absolute atomic E-state index is 0.0523. The first-order chi connectivity index (χ1) is 21.9. The van der Waals surface area contributed by atoms with Gasteiger partial charge in [-0.2, -0.15) is 18.7 Å². The van der Waals surface area contributed by atoms with E-state index in [0.717, 1.165) is 12.8 Å². The Balaban J connectivity index is 0.000000182. The van der Waals surface area contributed by atoms with Gasteiger partial charge in [0, 0.05) is 10.8 Å². The van der Waals surface area contributed by atoms with Crippen molar-refractivity contribution in [3.05, 3.63) is 89.7 Å². The van der Waals surface area contributed by atoms with Gasteiger partial charge >= 0.3 is 11.4 Å². The fraction of sp³-hybridized carbons (Fsp3) is 0.312. The lowest BCUT2D eigenvalue weighted by Crippen LogP contribution is -2.24. The van der Waals surface area contributed by atoms with Gasteiger partial charge in [-0.1, -0.05) is 27.7 Å². The minimum Gasteiger partial charge on any atom is -0.490 e. The second-order valence-electron chi connectivity index (χ2n) is 11.4. The standard InChI is InChI=1S/C17H17FN2O4.C15H13FN2O4/c1-9(2)4-3-7-23-12-6-5-10-8-11-15(21)19-17(22)20-16(11)24-14(10)13(12)18;1-7(2)6-21-10-4-3-8-5-9-13(19)17-15(20)18-14(9)22-12(8)11(10)16/h5-6,8-9H,3-4,7H2,1-2H3,(H,19,21,22);3-5,7H,6H2,1-2H3,(H,17,19,20). The Kier molecular flexibility index (Phi) is 9.26. The molecule has 0 aromatic heterocycles. The maximum Gasteiger partial charge on any atom is 0.351 e. The van der Waals surface area contributed by atoms with Gasteiger partial charge in [0.2, 0.25) is 23.4 Å². The van der Waals surface area contributed by atoms with Crippen molar-refractivity contribution in [3.8, 4) is 34.4 Å². The molecule has 0 unspecified atom stereocenters. The van der Waals surface area contributed by atoms with Gasteiger partial charge in [-0.3, -0.25) is 19.6 Å². The fourth-order valence-corrected chi connectivity index (χ4v) is 4.49. The SMILES string of the molecule is CC(C)CCCOc1ccc2cc3c(=O)[nH]c(=O)nc-3oc2c1F.CC(C)COc1ccc2cc3c(=O)[nH]c(=O)nc-3oc2c1F. The molecule has 4 aliphatic rings. The lowest BCUT2D eigenvalue weighted by molar-refractivity contribution is 0.259. The maximum absolute atomic E-state index is 14.6. The molecule has 2 aromatic carbocycles. The molecule has 0 atom stereocenters. The number of fused-ring (bicyclic) bond motifs is 4. The normalized spacial score (nSPS) is 11.5. The zero-order chi connectivity index (χ0) is 33.1. The molecule has 12 nitrogen and oxygen atoms in total. The molecular weight excluding hydrogens is 606 g/mol.